The van der Waals surface area contributed by atoms with Crippen molar-refractivity contribution < 1.29 is 9.84 Å². The third-order valence-corrected chi connectivity index (χ3v) is 1.47. The molecule has 0 unspecified atom stereocenters. The Balaban J connectivity index is 2.26. The summed E-state index contributed by atoms with van der Waals surface area (Å²) in [5.74, 6) is 0.423. The van der Waals surface area contributed by atoms with E-state index in [1.165, 1.54) is 11.0 Å². The monoisotopic (exact) mass is 180 g/mol. The van der Waals surface area contributed by atoms with Gasteiger partial charge in [0, 0.05) is 6.07 Å². The number of ether oxygens (including phenoxy) is 1. The molecule has 0 amide bonds. The smallest absolute Gasteiger partial charge is 0.233 e. The lowest BCUT2D eigenvalue weighted by Gasteiger charge is -2.01. The summed E-state index contributed by atoms with van der Waals surface area (Å²) < 4.78 is 6.45. The van der Waals surface area contributed by atoms with Crippen molar-refractivity contribution in [2.75, 3.05) is 13.2 Å². The molecule has 13 heavy (non-hydrogen) atoms. The lowest BCUT2D eigenvalue weighted by Crippen LogP contribution is -2.05. The predicted molar refractivity (Wildman–Crippen MR) is 43.4 cm³/mol. The number of nitrogens with zero attached hydrogens (tertiary/aromatic N) is 4. The summed E-state index contributed by atoms with van der Waals surface area (Å²) in [5, 5.41) is 16.3. The molecule has 0 fully saturated rings. The van der Waals surface area contributed by atoms with Crippen LogP contribution in [0.5, 0.6) is 5.88 Å². The second kappa shape index (κ2) is 3.36. The Morgan fingerprint density at radius 3 is 3.23 bits per heavy atom. The third kappa shape index (κ3) is 1.57. The highest BCUT2D eigenvalue weighted by atomic mass is 16.5. The van der Waals surface area contributed by atoms with E-state index in [-0.39, 0.29) is 13.2 Å². The maximum absolute atomic E-state index is 8.51. The lowest BCUT2D eigenvalue weighted by molar-refractivity contribution is 0.194. The van der Waals surface area contributed by atoms with Crippen molar-refractivity contribution in [1.29, 1.82) is 0 Å². The van der Waals surface area contributed by atoms with Crippen molar-refractivity contribution in [3.63, 3.8) is 0 Å². The zero-order valence-electron chi connectivity index (χ0n) is 6.79. The van der Waals surface area contributed by atoms with Gasteiger partial charge >= 0.3 is 0 Å². The number of aliphatic hydroxyl groups excluding tert-OH is 1. The molecule has 0 spiro atoms. The molecule has 2 heterocycles. The molecule has 2 aromatic rings. The van der Waals surface area contributed by atoms with E-state index in [0.717, 1.165) is 0 Å². The molecule has 0 saturated carbocycles. The molecule has 0 aliphatic carbocycles. The Kier molecular flexibility index (Phi) is 2.05. The van der Waals surface area contributed by atoms with Crippen molar-refractivity contribution in [3.05, 3.63) is 18.5 Å². The average molecular weight is 180 g/mol. The van der Waals surface area contributed by atoms with Crippen LogP contribution in [0.4, 0.5) is 0 Å². The first-order valence-corrected chi connectivity index (χ1v) is 3.81. The molecule has 0 radical (unpaired) electrons. The minimum atomic E-state index is -0.0307. The van der Waals surface area contributed by atoms with Gasteiger partial charge in [-0.15, -0.1) is 14.8 Å². The predicted octanol–water partition coefficient (Wildman–Crippen LogP) is -0.505. The van der Waals surface area contributed by atoms with Crippen molar-refractivity contribution in [2.45, 2.75) is 0 Å². The van der Waals surface area contributed by atoms with E-state index in [0.29, 0.717) is 11.5 Å². The summed E-state index contributed by atoms with van der Waals surface area (Å²) in [4.78, 5) is 3.92. The first kappa shape index (κ1) is 7.93. The van der Waals surface area contributed by atoms with E-state index in [1.54, 1.807) is 12.1 Å². The molecule has 6 nitrogen and oxygen atoms in total. The van der Waals surface area contributed by atoms with Gasteiger partial charge in [-0.05, 0) is 6.07 Å². The van der Waals surface area contributed by atoms with Gasteiger partial charge in [0.2, 0.25) is 5.88 Å². The van der Waals surface area contributed by atoms with Crippen LogP contribution in [-0.4, -0.2) is 38.1 Å². The standard InChI is InChI=1S/C7H8N4O2/c12-3-4-13-7-2-1-6-8-5-9-11(6)10-7/h1-2,5,12H,3-4H2. The van der Waals surface area contributed by atoms with Crippen molar-refractivity contribution in [3.8, 4) is 5.88 Å². The van der Waals surface area contributed by atoms with Crippen molar-refractivity contribution >= 4 is 5.65 Å². The van der Waals surface area contributed by atoms with E-state index < -0.39 is 0 Å². The quantitative estimate of drug-likeness (QED) is 0.689. The fourth-order valence-corrected chi connectivity index (χ4v) is 0.931. The van der Waals surface area contributed by atoms with Gasteiger partial charge in [-0.25, -0.2) is 4.98 Å². The fraction of sp³-hybridized carbons (Fsp3) is 0.286. The van der Waals surface area contributed by atoms with Crippen LogP contribution in [0.2, 0.25) is 0 Å². The highest BCUT2D eigenvalue weighted by Crippen LogP contribution is 2.05. The summed E-state index contributed by atoms with van der Waals surface area (Å²) in [5.41, 5.74) is 0.663. The molecular weight excluding hydrogens is 172 g/mol. The summed E-state index contributed by atoms with van der Waals surface area (Å²) in [6.45, 7) is 0.199. The van der Waals surface area contributed by atoms with Crippen LogP contribution < -0.4 is 4.74 Å². The van der Waals surface area contributed by atoms with Crippen molar-refractivity contribution in [2.24, 2.45) is 0 Å². The minimum Gasteiger partial charge on any atom is -0.474 e. The average Bonchev–Trinajstić information content (AvgIpc) is 2.61. The van der Waals surface area contributed by atoms with Gasteiger partial charge in [0.25, 0.3) is 0 Å². The van der Waals surface area contributed by atoms with Crippen LogP contribution in [0.1, 0.15) is 0 Å². The zero-order valence-corrected chi connectivity index (χ0v) is 6.79. The molecule has 2 aromatic heterocycles. The van der Waals surface area contributed by atoms with Crippen LogP contribution in [-0.2, 0) is 0 Å². The van der Waals surface area contributed by atoms with Gasteiger partial charge < -0.3 is 9.84 Å². The Morgan fingerprint density at radius 1 is 1.46 bits per heavy atom. The molecule has 2 rings (SSSR count). The van der Waals surface area contributed by atoms with Crippen LogP contribution in [0.3, 0.4) is 0 Å². The second-order valence-corrected chi connectivity index (χ2v) is 2.35. The molecule has 6 heteroatoms. The van der Waals surface area contributed by atoms with E-state index in [4.69, 9.17) is 9.84 Å². The topological polar surface area (TPSA) is 72.5 Å². The van der Waals surface area contributed by atoms with Crippen LogP contribution in [0.25, 0.3) is 5.65 Å². The van der Waals surface area contributed by atoms with Gasteiger partial charge in [-0.2, -0.15) is 0 Å². The van der Waals surface area contributed by atoms with Crippen LogP contribution in [0, 0.1) is 0 Å². The Bertz CT molecular complexity index is 400. The van der Waals surface area contributed by atoms with Crippen LogP contribution >= 0.6 is 0 Å². The van der Waals surface area contributed by atoms with Gasteiger partial charge in [-0.1, -0.05) is 0 Å². The van der Waals surface area contributed by atoms with E-state index in [1.807, 2.05) is 0 Å². The molecule has 0 atom stereocenters. The Labute approximate surface area is 73.8 Å². The Hall–Kier alpha value is -1.69. The SMILES string of the molecule is OCCOc1ccc2ncnn2n1. The maximum atomic E-state index is 8.51. The van der Waals surface area contributed by atoms with Crippen molar-refractivity contribution in [1.82, 2.24) is 19.8 Å². The normalized spacial score (nSPS) is 10.5. The lowest BCUT2D eigenvalue weighted by atomic mass is 10.5. The highest BCUT2D eigenvalue weighted by Gasteiger charge is 1.98. The molecule has 0 aromatic carbocycles. The minimum absolute atomic E-state index is 0.0307. The summed E-state index contributed by atoms with van der Waals surface area (Å²) in [7, 11) is 0. The number of hydrogen-bond donors (Lipinski definition) is 1. The number of rotatable bonds is 3. The molecule has 0 aliphatic rings. The fourth-order valence-electron chi connectivity index (χ4n) is 0.931. The number of aliphatic hydroxyl groups is 1. The van der Waals surface area contributed by atoms with Gasteiger partial charge in [-0.3, -0.25) is 0 Å². The highest BCUT2D eigenvalue weighted by molar-refractivity contribution is 5.35. The second-order valence-electron chi connectivity index (χ2n) is 2.35. The Morgan fingerprint density at radius 2 is 2.38 bits per heavy atom. The molecular formula is C7H8N4O2. The van der Waals surface area contributed by atoms with Gasteiger partial charge in [0.1, 0.15) is 12.9 Å². The number of aromatic nitrogens is 4. The zero-order chi connectivity index (χ0) is 9.10. The first-order chi connectivity index (χ1) is 6.40. The summed E-state index contributed by atoms with van der Waals surface area (Å²) in [6.07, 6.45) is 1.41. The van der Waals surface area contributed by atoms with Gasteiger partial charge in [0.15, 0.2) is 5.65 Å². The number of fused-ring (bicyclic) bond motifs is 1. The molecule has 0 aliphatic heterocycles. The maximum Gasteiger partial charge on any atom is 0.233 e. The molecule has 0 saturated heterocycles. The van der Waals surface area contributed by atoms with Crippen LogP contribution in [0.15, 0.2) is 18.5 Å². The number of hydrogen-bond acceptors (Lipinski definition) is 5. The van der Waals surface area contributed by atoms with E-state index in [2.05, 4.69) is 15.2 Å². The van der Waals surface area contributed by atoms with E-state index in [9.17, 15) is 0 Å². The summed E-state index contributed by atoms with van der Waals surface area (Å²) >= 11 is 0. The molecule has 0 bridgehead atoms. The third-order valence-electron chi connectivity index (χ3n) is 1.47. The first-order valence-electron chi connectivity index (χ1n) is 3.81. The molecule has 1 N–H and O–H groups in total. The van der Waals surface area contributed by atoms with Gasteiger partial charge in [0.05, 0.1) is 6.61 Å². The summed E-state index contributed by atoms with van der Waals surface area (Å²) in [6, 6.07) is 3.42. The van der Waals surface area contributed by atoms with E-state index >= 15 is 0 Å². The largest absolute Gasteiger partial charge is 0.474 e. The molecule has 68 valence electrons.